The molecule has 9 heteroatoms. The molecular weight excluding hydrogens is 431 g/mol. The standard InChI is InChI=1S/C23H22ClFN6O/c1-4-30-15(3)27-20-11-17(7-10-21(20)30)23(32)28-26-12-19-14(2)29-31(22(19)24)13-16-5-8-18(25)9-6-16/h5-12H,4,13H2,1-3H3,(H,28,32). The summed E-state index contributed by atoms with van der Waals surface area (Å²) in [5.41, 5.74) is 6.87. The fourth-order valence-electron chi connectivity index (χ4n) is 3.59. The first kappa shape index (κ1) is 21.7. The minimum absolute atomic E-state index is 0.298. The molecule has 4 rings (SSSR count). The third-order valence-corrected chi connectivity index (χ3v) is 5.63. The number of benzene rings is 2. The SMILES string of the molecule is CCn1c(C)nc2cc(C(=O)NN=Cc3c(C)nn(Cc4ccc(F)cc4)c3Cl)ccc21. The number of hydrogen-bond acceptors (Lipinski definition) is 4. The third kappa shape index (κ3) is 4.27. The smallest absolute Gasteiger partial charge is 0.271 e. The van der Waals surface area contributed by atoms with E-state index in [0.29, 0.717) is 28.5 Å². The highest BCUT2D eigenvalue weighted by Gasteiger charge is 2.13. The van der Waals surface area contributed by atoms with Crippen LogP contribution >= 0.6 is 11.6 Å². The molecule has 0 spiro atoms. The molecule has 1 amide bonds. The summed E-state index contributed by atoms with van der Waals surface area (Å²) in [6.45, 7) is 7.00. The molecule has 2 aromatic heterocycles. The molecule has 4 aromatic rings. The number of imidazole rings is 1. The van der Waals surface area contributed by atoms with Crippen molar-refractivity contribution < 1.29 is 9.18 Å². The Bertz CT molecular complexity index is 1320. The molecule has 1 N–H and O–H groups in total. The molecule has 0 unspecified atom stereocenters. The lowest BCUT2D eigenvalue weighted by atomic mass is 10.2. The van der Waals surface area contributed by atoms with Crippen molar-refractivity contribution in [1.29, 1.82) is 0 Å². The number of halogens is 2. The highest BCUT2D eigenvalue weighted by Crippen LogP contribution is 2.20. The minimum Gasteiger partial charge on any atom is -0.329 e. The van der Waals surface area contributed by atoms with Gasteiger partial charge in [-0.3, -0.25) is 4.79 Å². The molecule has 0 saturated carbocycles. The zero-order chi connectivity index (χ0) is 22.8. The number of amides is 1. The minimum atomic E-state index is -0.348. The molecule has 0 fully saturated rings. The molecule has 2 heterocycles. The van der Waals surface area contributed by atoms with Crippen LogP contribution in [0.3, 0.4) is 0 Å². The molecule has 0 bridgehead atoms. The van der Waals surface area contributed by atoms with E-state index in [0.717, 1.165) is 29.0 Å². The Morgan fingerprint density at radius 2 is 1.97 bits per heavy atom. The normalized spacial score (nSPS) is 11.5. The Balaban J connectivity index is 1.48. The summed E-state index contributed by atoms with van der Waals surface area (Å²) in [6.07, 6.45) is 1.47. The van der Waals surface area contributed by atoms with Crippen molar-refractivity contribution in [2.75, 3.05) is 0 Å². The number of nitrogens with one attached hydrogen (secondary N) is 1. The fourth-order valence-corrected chi connectivity index (χ4v) is 3.88. The maximum atomic E-state index is 13.1. The quantitative estimate of drug-likeness (QED) is 0.346. The second-order valence-electron chi connectivity index (χ2n) is 7.38. The van der Waals surface area contributed by atoms with Crippen molar-refractivity contribution in [3.05, 3.63) is 81.6 Å². The number of carbonyl (C=O) groups is 1. The van der Waals surface area contributed by atoms with Crippen molar-refractivity contribution in [3.63, 3.8) is 0 Å². The summed E-state index contributed by atoms with van der Waals surface area (Å²) >= 11 is 6.45. The van der Waals surface area contributed by atoms with Crippen LogP contribution in [0.25, 0.3) is 11.0 Å². The lowest BCUT2D eigenvalue weighted by Crippen LogP contribution is -2.17. The average Bonchev–Trinajstić information content (AvgIpc) is 3.23. The van der Waals surface area contributed by atoms with Crippen molar-refractivity contribution in [3.8, 4) is 0 Å². The molecule has 2 aromatic carbocycles. The first-order chi connectivity index (χ1) is 15.4. The van der Waals surface area contributed by atoms with E-state index >= 15 is 0 Å². The van der Waals surface area contributed by atoms with Crippen LogP contribution in [0.5, 0.6) is 0 Å². The van der Waals surface area contributed by atoms with Crippen LogP contribution in [-0.4, -0.2) is 31.5 Å². The predicted octanol–water partition coefficient (Wildman–Crippen LogP) is 4.47. The molecule has 7 nitrogen and oxygen atoms in total. The largest absolute Gasteiger partial charge is 0.329 e. The number of hydrazone groups is 1. The molecule has 0 aliphatic carbocycles. The first-order valence-electron chi connectivity index (χ1n) is 10.1. The van der Waals surface area contributed by atoms with Crippen LogP contribution < -0.4 is 5.43 Å². The second-order valence-corrected chi connectivity index (χ2v) is 7.74. The Morgan fingerprint density at radius 3 is 2.69 bits per heavy atom. The monoisotopic (exact) mass is 452 g/mol. The summed E-state index contributed by atoms with van der Waals surface area (Å²) in [7, 11) is 0. The van der Waals surface area contributed by atoms with Gasteiger partial charge >= 0.3 is 0 Å². The second kappa shape index (κ2) is 8.92. The molecule has 0 atom stereocenters. The number of fused-ring (bicyclic) bond motifs is 1. The molecule has 0 aliphatic heterocycles. The fraction of sp³-hybridized carbons (Fsp3) is 0.217. The summed E-state index contributed by atoms with van der Waals surface area (Å²) < 4.78 is 16.8. The van der Waals surface area contributed by atoms with Gasteiger partial charge < -0.3 is 4.57 Å². The van der Waals surface area contributed by atoms with Crippen LogP contribution in [0.4, 0.5) is 4.39 Å². The van der Waals surface area contributed by atoms with E-state index in [1.807, 2.05) is 13.0 Å². The molecule has 32 heavy (non-hydrogen) atoms. The lowest BCUT2D eigenvalue weighted by Gasteiger charge is -2.04. The summed E-state index contributed by atoms with van der Waals surface area (Å²) in [5, 5.41) is 8.85. The van der Waals surface area contributed by atoms with Crippen LogP contribution in [-0.2, 0) is 13.1 Å². The molecule has 164 valence electrons. The van der Waals surface area contributed by atoms with Gasteiger partial charge in [-0.15, -0.1) is 0 Å². The Kier molecular flexibility index (Phi) is 6.05. The maximum absolute atomic E-state index is 13.1. The van der Waals surface area contributed by atoms with Crippen LogP contribution in [0, 0.1) is 19.7 Å². The van der Waals surface area contributed by atoms with E-state index in [1.165, 1.54) is 18.3 Å². The number of nitrogens with zero attached hydrogens (tertiary/aromatic N) is 5. The van der Waals surface area contributed by atoms with E-state index < -0.39 is 0 Å². The van der Waals surface area contributed by atoms with Crippen molar-refractivity contribution in [1.82, 2.24) is 24.8 Å². The summed E-state index contributed by atoms with van der Waals surface area (Å²) in [5.74, 6) is 0.258. The zero-order valence-electron chi connectivity index (χ0n) is 17.9. The van der Waals surface area contributed by atoms with Gasteiger partial charge in [-0.25, -0.2) is 19.5 Å². The highest BCUT2D eigenvalue weighted by molar-refractivity contribution is 6.32. The van der Waals surface area contributed by atoms with Gasteiger partial charge in [0.25, 0.3) is 5.91 Å². The maximum Gasteiger partial charge on any atom is 0.271 e. The first-order valence-corrected chi connectivity index (χ1v) is 10.5. The van der Waals surface area contributed by atoms with E-state index in [1.54, 1.807) is 35.9 Å². The topological polar surface area (TPSA) is 77.1 Å². The zero-order valence-corrected chi connectivity index (χ0v) is 18.7. The van der Waals surface area contributed by atoms with Crippen molar-refractivity contribution in [2.45, 2.75) is 33.9 Å². The van der Waals surface area contributed by atoms with E-state index in [2.05, 4.69) is 32.1 Å². The van der Waals surface area contributed by atoms with Crippen LogP contribution in [0.2, 0.25) is 5.15 Å². The Hall–Kier alpha value is -3.52. The number of aromatic nitrogens is 4. The number of rotatable bonds is 6. The number of hydrogen-bond donors (Lipinski definition) is 1. The van der Waals surface area contributed by atoms with Gasteiger partial charge in [0.15, 0.2) is 0 Å². The van der Waals surface area contributed by atoms with E-state index in [-0.39, 0.29) is 11.7 Å². The average molecular weight is 453 g/mol. The predicted molar refractivity (Wildman–Crippen MR) is 123 cm³/mol. The van der Waals surface area contributed by atoms with Gasteiger partial charge in [-0.05, 0) is 56.7 Å². The van der Waals surface area contributed by atoms with Gasteiger partial charge in [-0.1, -0.05) is 23.7 Å². The third-order valence-electron chi connectivity index (χ3n) is 5.23. The van der Waals surface area contributed by atoms with Gasteiger partial charge in [0, 0.05) is 12.1 Å². The summed E-state index contributed by atoms with van der Waals surface area (Å²) in [6, 6.07) is 11.5. The van der Waals surface area contributed by atoms with Gasteiger partial charge in [0.1, 0.15) is 16.8 Å². The Morgan fingerprint density at radius 1 is 1.22 bits per heavy atom. The lowest BCUT2D eigenvalue weighted by molar-refractivity contribution is 0.0955. The van der Waals surface area contributed by atoms with E-state index in [9.17, 15) is 9.18 Å². The van der Waals surface area contributed by atoms with Crippen LogP contribution in [0.1, 0.15) is 39.9 Å². The van der Waals surface area contributed by atoms with Crippen molar-refractivity contribution in [2.24, 2.45) is 5.10 Å². The molecule has 0 saturated heterocycles. The highest BCUT2D eigenvalue weighted by atomic mass is 35.5. The van der Waals surface area contributed by atoms with Crippen LogP contribution in [0.15, 0.2) is 47.6 Å². The van der Waals surface area contributed by atoms with Gasteiger partial charge in [0.2, 0.25) is 0 Å². The Labute approximate surface area is 189 Å². The number of carbonyl (C=O) groups excluding carboxylic acids is 1. The summed E-state index contributed by atoms with van der Waals surface area (Å²) in [4.78, 5) is 17.1. The van der Waals surface area contributed by atoms with E-state index in [4.69, 9.17) is 11.6 Å². The molecular formula is C23H22ClFN6O. The number of aryl methyl sites for hydroxylation is 3. The van der Waals surface area contributed by atoms with Crippen molar-refractivity contribution >= 4 is 34.8 Å². The molecule has 0 radical (unpaired) electrons. The van der Waals surface area contributed by atoms with Gasteiger partial charge in [0.05, 0.1) is 35.1 Å². The molecule has 0 aliphatic rings. The van der Waals surface area contributed by atoms with Gasteiger partial charge in [-0.2, -0.15) is 10.2 Å².